The van der Waals surface area contributed by atoms with Gasteiger partial charge < -0.3 is 5.32 Å². The van der Waals surface area contributed by atoms with Crippen LogP contribution in [0.5, 0.6) is 0 Å². The first-order valence-corrected chi connectivity index (χ1v) is 6.21. The monoisotopic (exact) mass is 288 g/mol. The highest BCUT2D eigenvalue weighted by Crippen LogP contribution is 2.20. The number of nitro benzene ring substituents is 1. The number of benzene rings is 1. The Hall–Kier alpha value is -1.69. The van der Waals surface area contributed by atoms with Gasteiger partial charge in [-0.2, -0.15) is 0 Å². The summed E-state index contributed by atoms with van der Waals surface area (Å²) in [5.41, 5.74) is -0.739. The first kappa shape index (κ1) is 15.4. The molecule has 1 amide bonds. The molecule has 1 atom stereocenters. The molecule has 0 fully saturated rings. The second-order valence-corrected chi connectivity index (χ2v) is 4.71. The highest BCUT2D eigenvalue weighted by atomic mass is 35.5. The van der Waals surface area contributed by atoms with E-state index in [0.717, 1.165) is 18.2 Å². The summed E-state index contributed by atoms with van der Waals surface area (Å²) in [7, 11) is 0. The molecular formula is C12H14ClFN2O3. The average molecular weight is 289 g/mol. The molecule has 0 heterocycles. The van der Waals surface area contributed by atoms with Crippen molar-refractivity contribution >= 4 is 23.2 Å². The average Bonchev–Trinajstić information content (AvgIpc) is 2.34. The molecule has 19 heavy (non-hydrogen) atoms. The third-order valence-corrected chi connectivity index (χ3v) is 3.02. The second kappa shape index (κ2) is 6.47. The summed E-state index contributed by atoms with van der Waals surface area (Å²) in [6.07, 6.45) is 0. The highest BCUT2D eigenvalue weighted by molar-refractivity contribution is 6.18. The van der Waals surface area contributed by atoms with Gasteiger partial charge in [0, 0.05) is 18.0 Å². The van der Waals surface area contributed by atoms with Crippen LogP contribution in [0, 0.1) is 21.8 Å². The van der Waals surface area contributed by atoms with Gasteiger partial charge in [0.05, 0.1) is 4.92 Å². The Balaban J connectivity index is 3.05. The smallest absolute Gasteiger partial charge is 0.282 e. The molecule has 1 aromatic carbocycles. The Bertz CT molecular complexity index is 494. The fourth-order valence-electron chi connectivity index (χ4n) is 1.48. The van der Waals surface area contributed by atoms with Crippen molar-refractivity contribution in [3.05, 3.63) is 39.7 Å². The van der Waals surface area contributed by atoms with Crippen LogP contribution in [0.25, 0.3) is 0 Å². The quantitative estimate of drug-likeness (QED) is 0.514. The molecule has 0 radical (unpaired) electrons. The lowest BCUT2D eigenvalue weighted by molar-refractivity contribution is -0.385. The molecule has 0 saturated heterocycles. The fourth-order valence-corrected chi connectivity index (χ4v) is 1.91. The van der Waals surface area contributed by atoms with Crippen LogP contribution in [0.2, 0.25) is 0 Å². The summed E-state index contributed by atoms with van der Waals surface area (Å²) in [5, 5.41) is 13.4. The Morgan fingerprint density at radius 3 is 2.63 bits per heavy atom. The van der Waals surface area contributed by atoms with Gasteiger partial charge in [-0.15, -0.1) is 11.6 Å². The number of halogens is 2. The molecule has 1 N–H and O–H groups in total. The molecule has 1 unspecified atom stereocenters. The summed E-state index contributed by atoms with van der Waals surface area (Å²) in [4.78, 5) is 22.0. The van der Waals surface area contributed by atoms with Crippen molar-refractivity contribution in [1.82, 2.24) is 5.32 Å². The third kappa shape index (κ3) is 3.89. The van der Waals surface area contributed by atoms with Gasteiger partial charge in [-0.05, 0) is 18.1 Å². The van der Waals surface area contributed by atoms with E-state index in [-0.39, 0.29) is 23.4 Å². The van der Waals surface area contributed by atoms with Crippen LogP contribution in [0.15, 0.2) is 18.2 Å². The molecule has 0 spiro atoms. The van der Waals surface area contributed by atoms with E-state index >= 15 is 0 Å². The predicted octanol–water partition coefficient (Wildman–Crippen LogP) is 2.73. The molecule has 0 saturated carbocycles. The van der Waals surface area contributed by atoms with Crippen LogP contribution < -0.4 is 5.32 Å². The van der Waals surface area contributed by atoms with E-state index in [2.05, 4.69) is 5.32 Å². The first-order valence-electron chi connectivity index (χ1n) is 5.67. The Morgan fingerprint density at radius 1 is 1.53 bits per heavy atom. The van der Waals surface area contributed by atoms with E-state index in [4.69, 9.17) is 11.6 Å². The van der Waals surface area contributed by atoms with Crippen molar-refractivity contribution in [2.75, 3.05) is 5.88 Å². The highest BCUT2D eigenvalue weighted by Gasteiger charge is 2.23. The number of carbonyl (C=O) groups is 1. The van der Waals surface area contributed by atoms with Crippen molar-refractivity contribution in [3.63, 3.8) is 0 Å². The minimum absolute atomic E-state index is 0.0639. The van der Waals surface area contributed by atoms with Crippen LogP contribution in [0.1, 0.15) is 24.2 Å². The minimum Gasteiger partial charge on any atom is -0.348 e. The molecule has 104 valence electrons. The van der Waals surface area contributed by atoms with Gasteiger partial charge in [0.15, 0.2) is 0 Å². The Kier molecular flexibility index (Phi) is 5.23. The van der Waals surface area contributed by atoms with Gasteiger partial charge in [0.1, 0.15) is 11.4 Å². The number of carbonyl (C=O) groups excluding carboxylic acids is 1. The molecule has 7 heteroatoms. The largest absolute Gasteiger partial charge is 0.348 e. The van der Waals surface area contributed by atoms with Gasteiger partial charge in [-0.1, -0.05) is 13.8 Å². The number of hydrogen-bond donors (Lipinski definition) is 1. The maximum atomic E-state index is 13.1. The van der Waals surface area contributed by atoms with E-state index in [0.29, 0.717) is 0 Å². The number of nitro groups is 1. The number of hydrogen-bond acceptors (Lipinski definition) is 3. The van der Waals surface area contributed by atoms with Crippen molar-refractivity contribution in [2.45, 2.75) is 19.9 Å². The Morgan fingerprint density at radius 2 is 2.16 bits per heavy atom. The normalized spacial score (nSPS) is 12.3. The van der Waals surface area contributed by atoms with Crippen LogP contribution in [0.4, 0.5) is 10.1 Å². The summed E-state index contributed by atoms with van der Waals surface area (Å²) in [5.74, 6) is -1.17. The van der Waals surface area contributed by atoms with E-state index in [1.54, 1.807) is 0 Å². The summed E-state index contributed by atoms with van der Waals surface area (Å²) in [6, 6.07) is 2.42. The van der Waals surface area contributed by atoms with Gasteiger partial charge in [0.25, 0.3) is 11.6 Å². The number of rotatable bonds is 5. The zero-order valence-electron chi connectivity index (χ0n) is 10.5. The van der Waals surface area contributed by atoms with E-state index in [9.17, 15) is 19.3 Å². The maximum Gasteiger partial charge on any atom is 0.282 e. The second-order valence-electron chi connectivity index (χ2n) is 4.40. The van der Waals surface area contributed by atoms with E-state index < -0.39 is 22.3 Å². The zero-order chi connectivity index (χ0) is 14.6. The molecule has 1 aromatic rings. The van der Waals surface area contributed by atoms with Crippen molar-refractivity contribution in [1.29, 1.82) is 0 Å². The van der Waals surface area contributed by atoms with Crippen LogP contribution in [-0.2, 0) is 0 Å². The van der Waals surface area contributed by atoms with Crippen LogP contribution in [0.3, 0.4) is 0 Å². The lowest BCUT2D eigenvalue weighted by Gasteiger charge is -2.19. The zero-order valence-corrected chi connectivity index (χ0v) is 11.3. The molecule has 0 bridgehead atoms. The van der Waals surface area contributed by atoms with Gasteiger partial charge in [0.2, 0.25) is 0 Å². The van der Waals surface area contributed by atoms with Crippen molar-refractivity contribution < 1.29 is 14.1 Å². The number of nitrogens with zero attached hydrogens (tertiary/aromatic N) is 1. The summed E-state index contributed by atoms with van der Waals surface area (Å²) in [6.45, 7) is 3.71. The van der Waals surface area contributed by atoms with Gasteiger partial charge in [-0.25, -0.2) is 4.39 Å². The molecule has 0 aliphatic carbocycles. The molecule has 0 aliphatic rings. The fraction of sp³-hybridized carbons (Fsp3) is 0.417. The lowest BCUT2D eigenvalue weighted by Crippen LogP contribution is -2.40. The van der Waals surface area contributed by atoms with E-state index in [1.165, 1.54) is 0 Å². The molecule has 5 nitrogen and oxygen atoms in total. The van der Waals surface area contributed by atoms with Crippen molar-refractivity contribution in [3.8, 4) is 0 Å². The third-order valence-electron chi connectivity index (χ3n) is 2.69. The molecular weight excluding hydrogens is 275 g/mol. The molecule has 0 aromatic heterocycles. The number of amides is 1. The minimum atomic E-state index is -0.723. The van der Waals surface area contributed by atoms with Crippen molar-refractivity contribution in [2.24, 2.45) is 5.92 Å². The molecule has 0 aliphatic heterocycles. The van der Waals surface area contributed by atoms with Gasteiger partial charge in [-0.3, -0.25) is 14.9 Å². The van der Waals surface area contributed by atoms with Crippen LogP contribution in [-0.4, -0.2) is 22.8 Å². The summed E-state index contributed by atoms with van der Waals surface area (Å²) < 4.78 is 13.1. The SMILES string of the molecule is CC(C)C(CCl)NC(=O)c1cc(F)ccc1[N+](=O)[O-]. The van der Waals surface area contributed by atoms with E-state index in [1.807, 2.05) is 13.8 Å². The first-order chi connectivity index (χ1) is 8.86. The summed E-state index contributed by atoms with van der Waals surface area (Å²) >= 11 is 5.71. The number of nitrogens with one attached hydrogen (secondary N) is 1. The Labute approximate surface area is 114 Å². The van der Waals surface area contributed by atoms with Crippen LogP contribution >= 0.6 is 11.6 Å². The predicted molar refractivity (Wildman–Crippen MR) is 69.9 cm³/mol. The van der Waals surface area contributed by atoms with Gasteiger partial charge >= 0.3 is 0 Å². The maximum absolute atomic E-state index is 13.1. The topological polar surface area (TPSA) is 72.2 Å². The molecule has 1 rings (SSSR count). The number of alkyl halides is 1. The standard InChI is InChI=1S/C12H14ClFN2O3/c1-7(2)10(6-13)15-12(17)9-5-8(14)3-4-11(9)16(18)19/h3-5,7,10H,6H2,1-2H3,(H,15,17). The lowest BCUT2D eigenvalue weighted by atomic mass is 10.1.